The second-order valence-electron chi connectivity index (χ2n) is 5.14. The van der Waals surface area contributed by atoms with Crippen LogP contribution in [0.1, 0.15) is 11.1 Å². The Morgan fingerprint density at radius 3 is 2.76 bits per heavy atom. The summed E-state index contributed by atoms with van der Waals surface area (Å²) in [5.74, 6) is 0.278. The highest BCUT2D eigenvalue weighted by Crippen LogP contribution is 2.16. The number of ether oxygens (including phenoxy) is 2. The average Bonchev–Trinajstić information content (AvgIpc) is 2.66. The molecule has 128 valence electrons. The summed E-state index contributed by atoms with van der Waals surface area (Å²) in [5.41, 5.74) is 1.76. The first kappa shape index (κ1) is 18.2. The van der Waals surface area contributed by atoms with Crippen LogP contribution in [-0.4, -0.2) is 31.2 Å². The second kappa shape index (κ2) is 9.85. The highest BCUT2D eigenvalue weighted by molar-refractivity contribution is 6.01. The molecule has 0 fully saturated rings. The number of hydrogen-bond donors (Lipinski definition) is 1. The van der Waals surface area contributed by atoms with Crippen molar-refractivity contribution in [2.45, 2.75) is 6.61 Å². The lowest BCUT2D eigenvalue weighted by atomic mass is 10.1. The SMILES string of the molecule is COCCNC(=O)/C(C#N)=C\c1ccc(OCc2cccnc2)cc1. The molecule has 0 aliphatic carbocycles. The summed E-state index contributed by atoms with van der Waals surface area (Å²) in [6.45, 7) is 1.18. The van der Waals surface area contributed by atoms with Gasteiger partial charge in [0.2, 0.25) is 0 Å². The van der Waals surface area contributed by atoms with Gasteiger partial charge in [0.15, 0.2) is 0 Å². The lowest BCUT2D eigenvalue weighted by molar-refractivity contribution is -0.117. The van der Waals surface area contributed by atoms with Gasteiger partial charge in [-0.15, -0.1) is 0 Å². The molecule has 0 bridgehead atoms. The predicted molar refractivity (Wildman–Crippen MR) is 93.5 cm³/mol. The fraction of sp³-hybridized carbons (Fsp3) is 0.211. The molecule has 1 amide bonds. The number of methoxy groups -OCH3 is 1. The van der Waals surface area contributed by atoms with E-state index in [1.165, 1.54) is 6.08 Å². The van der Waals surface area contributed by atoms with Crippen LogP contribution in [0.4, 0.5) is 0 Å². The van der Waals surface area contributed by atoms with Gasteiger partial charge in [-0.05, 0) is 29.8 Å². The molecular formula is C19H19N3O3. The molecule has 0 spiro atoms. The highest BCUT2D eigenvalue weighted by atomic mass is 16.5. The summed E-state index contributed by atoms with van der Waals surface area (Å²) in [5, 5.41) is 11.8. The van der Waals surface area contributed by atoms with Gasteiger partial charge in [-0.3, -0.25) is 9.78 Å². The van der Waals surface area contributed by atoms with Gasteiger partial charge in [0.1, 0.15) is 24.0 Å². The maximum atomic E-state index is 11.9. The number of carbonyl (C=O) groups is 1. The van der Waals surface area contributed by atoms with Crippen molar-refractivity contribution in [3.8, 4) is 11.8 Å². The number of rotatable bonds is 8. The third-order valence-corrected chi connectivity index (χ3v) is 3.28. The standard InChI is InChI=1S/C19H19N3O3/c1-24-10-9-22-19(23)17(12-20)11-15-4-6-18(7-5-15)25-14-16-3-2-8-21-13-16/h2-8,11,13H,9-10,14H2,1H3,(H,22,23)/b17-11-. The van der Waals surface area contributed by atoms with E-state index in [2.05, 4.69) is 10.3 Å². The number of nitrogens with one attached hydrogen (secondary N) is 1. The zero-order valence-electron chi connectivity index (χ0n) is 13.9. The van der Waals surface area contributed by atoms with Gasteiger partial charge in [0, 0.05) is 31.6 Å². The smallest absolute Gasteiger partial charge is 0.262 e. The Morgan fingerprint density at radius 1 is 1.32 bits per heavy atom. The minimum absolute atomic E-state index is 0.0418. The number of nitrogens with zero attached hydrogens (tertiary/aromatic N) is 2. The molecule has 25 heavy (non-hydrogen) atoms. The van der Waals surface area contributed by atoms with Crippen LogP contribution in [0.5, 0.6) is 5.75 Å². The summed E-state index contributed by atoms with van der Waals surface area (Å²) in [6, 6.07) is 12.9. The number of carbonyl (C=O) groups excluding carboxylic acids is 1. The Morgan fingerprint density at radius 2 is 2.12 bits per heavy atom. The van der Waals surface area contributed by atoms with Crippen LogP contribution in [0.2, 0.25) is 0 Å². The Balaban J connectivity index is 1.95. The summed E-state index contributed by atoms with van der Waals surface area (Å²) in [6.07, 6.45) is 4.99. The fourth-order valence-corrected chi connectivity index (χ4v) is 1.99. The van der Waals surface area contributed by atoms with E-state index < -0.39 is 5.91 Å². The van der Waals surface area contributed by atoms with E-state index in [-0.39, 0.29) is 5.57 Å². The summed E-state index contributed by atoms with van der Waals surface area (Å²) >= 11 is 0. The first-order valence-electron chi connectivity index (χ1n) is 7.73. The zero-order valence-corrected chi connectivity index (χ0v) is 13.9. The molecule has 1 aromatic carbocycles. The third-order valence-electron chi connectivity index (χ3n) is 3.28. The molecule has 1 N–H and O–H groups in total. The number of amides is 1. The number of hydrogen-bond acceptors (Lipinski definition) is 5. The van der Waals surface area contributed by atoms with Crippen molar-refractivity contribution in [1.82, 2.24) is 10.3 Å². The molecule has 2 aromatic rings. The molecule has 0 unspecified atom stereocenters. The number of pyridine rings is 1. The molecule has 0 aliphatic heterocycles. The van der Waals surface area contributed by atoms with Gasteiger partial charge in [-0.2, -0.15) is 5.26 Å². The van der Waals surface area contributed by atoms with Crippen molar-refractivity contribution in [1.29, 1.82) is 5.26 Å². The van der Waals surface area contributed by atoms with E-state index in [1.54, 1.807) is 43.8 Å². The van der Waals surface area contributed by atoms with E-state index in [1.807, 2.05) is 18.2 Å². The van der Waals surface area contributed by atoms with Crippen molar-refractivity contribution >= 4 is 12.0 Å². The van der Waals surface area contributed by atoms with Crippen LogP contribution in [0.3, 0.4) is 0 Å². The van der Waals surface area contributed by atoms with Crippen LogP contribution < -0.4 is 10.1 Å². The predicted octanol–water partition coefficient (Wildman–Crippen LogP) is 2.33. The van der Waals surface area contributed by atoms with Crippen molar-refractivity contribution < 1.29 is 14.3 Å². The van der Waals surface area contributed by atoms with Crippen molar-refractivity contribution in [2.24, 2.45) is 0 Å². The van der Waals surface area contributed by atoms with Crippen LogP contribution in [0, 0.1) is 11.3 Å². The minimum atomic E-state index is -0.420. The molecule has 1 aromatic heterocycles. The molecular weight excluding hydrogens is 318 g/mol. The summed E-state index contributed by atoms with van der Waals surface area (Å²) in [4.78, 5) is 15.9. The molecule has 1 heterocycles. The van der Waals surface area contributed by atoms with Gasteiger partial charge >= 0.3 is 0 Å². The molecule has 6 nitrogen and oxygen atoms in total. The molecule has 0 aliphatic rings. The van der Waals surface area contributed by atoms with Crippen LogP contribution >= 0.6 is 0 Å². The normalized spacial score (nSPS) is 10.8. The van der Waals surface area contributed by atoms with E-state index in [0.29, 0.717) is 25.5 Å². The van der Waals surface area contributed by atoms with Gasteiger partial charge in [0.05, 0.1) is 6.61 Å². The van der Waals surface area contributed by atoms with Gasteiger partial charge in [-0.25, -0.2) is 0 Å². The number of benzene rings is 1. The van der Waals surface area contributed by atoms with Gasteiger partial charge in [-0.1, -0.05) is 18.2 Å². The second-order valence-corrected chi connectivity index (χ2v) is 5.14. The highest BCUT2D eigenvalue weighted by Gasteiger charge is 2.08. The first-order valence-corrected chi connectivity index (χ1v) is 7.73. The topological polar surface area (TPSA) is 84.2 Å². The number of aromatic nitrogens is 1. The Hall–Kier alpha value is -3.17. The summed E-state index contributed by atoms with van der Waals surface area (Å²) in [7, 11) is 1.55. The maximum absolute atomic E-state index is 11.9. The average molecular weight is 337 g/mol. The van der Waals surface area contributed by atoms with E-state index >= 15 is 0 Å². The fourth-order valence-electron chi connectivity index (χ4n) is 1.99. The molecule has 0 saturated carbocycles. The molecule has 2 rings (SSSR count). The number of nitriles is 1. The third kappa shape index (κ3) is 6.09. The quantitative estimate of drug-likeness (QED) is 0.454. The van der Waals surface area contributed by atoms with Crippen molar-refractivity contribution in [3.05, 3.63) is 65.5 Å². The lowest BCUT2D eigenvalue weighted by Gasteiger charge is -2.06. The molecule has 0 atom stereocenters. The molecule has 0 saturated heterocycles. The van der Waals surface area contributed by atoms with E-state index in [9.17, 15) is 4.79 Å². The molecule has 0 radical (unpaired) electrons. The Bertz CT molecular complexity index is 750. The summed E-state index contributed by atoms with van der Waals surface area (Å²) < 4.78 is 10.5. The first-order chi connectivity index (χ1) is 12.2. The van der Waals surface area contributed by atoms with E-state index in [4.69, 9.17) is 14.7 Å². The van der Waals surface area contributed by atoms with Crippen LogP contribution in [0.15, 0.2) is 54.4 Å². The van der Waals surface area contributed by atoms with E-state index in [0.717, 1.165) is 11.1 Å². The lowest BCUT2D eigenvalue weighted by Crippen LogP contribution is -2.27. The van der Waals surface area contributed by atoms with Crippen LogP contribution in [-0.2, 0) is 16.1 Å². The van der Waals surface area contributed by atoms with Crippen LogP contribution in [0.25, 0.3) is 6.08 Å². The van der Waals surface area contributed by atoms with Gasteiger partial charge in [0.25, 0.3) is 5.91 Å². The largest absolute Gasteiger partial charge is 0.489 e. The minimum Gasteiger partial charge on any atom is -0.489 e. The Labute approximate surface area is 146 Å². The maximum Gasteiger partial charge on any atom is 0.262 e. The Kier molecular flexibility index (Phi) is 7.16. The van der Waals surface area contributed by atoms with Crippen molar-refractivity contribution in [3.63, 3.8) is 0 Å². The van der Waals surface area contributed by atoms with Gasteiger partial charge < -0.3 is 14.8 Å². The monoisotopic (exact) mass is 337 g/mol. The molecule has 6 heteroatoms. The van der Waals surface area contributed by atoms with Crippen molar-refractivity contribution in [2.75, 3.05) is 20.3 Å². The zero-order chi connectivity index (χ0) is 17.9.